The molecule has 0 saturated carbocycles. The quantitative estimate of drug-likeness (QED) is 0.899. The monoisotopic (exact) mass is 276 g/mol. The third-order valence-electron chi connectivity index (χ3n) is 3.63. The number of carbonyl (C=O) groups is 1. The number of hydrogen-bond acceptors (Lipinski definition) is 3. The maximum atomic E-state index is 12.2. The minimum atomic E-state index is 0.169. The van der Waals surface area contributed by atoms with Gasteiger partial charge in [0.2, 0.25) is 5.91 Å². The molecule has 1 saturated heterocycles. The van der Waals surface area contributed by atoms with E-state index in [2.05, 4.69) is 12.2 Å². The van der Waals surface area contributed by atoms with Crippen molar-refractivity contribution in [3.05, 3.63) is 24.3 Å². The molecule has 1 N–H and O–H groups in total. The molecule has 1 amide bonds. The number of ether oxygens (including phenoxy) is 1. The van der Waals surface area contributed by atoms with Crippen molar-refractivity contribution < 1.29 is 9.53 Å². The van der Waals surface area contributed by atoms with Gasteiger partial charge < -0.3 is 15.0 Å². The molecular weight excluding hydrogens is 252 g/mol. The molecule has 110 valence electrons. The molecule has 1 aliphatic heterocycles. The molecule has 0 radical (unpaired) electrons. The Bertz CT molecular complexity index is 448. The predicted octanol–water partition coefficient (Wildman–Crippen LogP) is 2.76. The van der Waals surface area contributed by atoms with E-state index in [9.17, 15) is 4.79 Å². The highest BCUT2D eigenvalue weighted by Crippen LogP contribution is 2.23. The number of carbonyl (C=O) groups excluding carboxylic acids is 1. The average molecular weight is 276 g/mol. The zero-order valence-corrected chi connectivity index (χ0v) is 12.4. The van der Waals surface area contributed by atoms with Gasteiger partial charge >= 0.3 is 0 Å². The Hall–Kier alpha value is -1.71. The van der Waals surface area contributed by atoms with Crippen LogP contribution < -0.4 is 10.1 Å². The van der Waals surface area contributed by atoms with Gasteiger partial charge in [0.05, 0.1) is 18.8 Å². The molecule has 0 bridgehead atoms. The minimum absolute atomic E-state index is 0.169. The van der Waals surface area contributed by atoms with E-state index >= 15 is 0 Å². The van der Waals surface area contributed by atoms with Crippen LogP contribution in [0.2, 0.25) is 0 Å². The molecule has 4 nitrogen and oxygen atoms in total. The molecule has 1 aromatic carbocycles. The summed E-state index contributed by atoms with van der Waals surface area (Å²) in [6.45, 7) is 6.88. The predicted molar refractivity (Wildman–Crippen MR) is 81.1 cm³/mol. The highest BCUT2D eigenvalue weighted by Gasteiger charge is 2.20. The van der Waals surface area contributed by atoms with Crippen molar-refractivity contribution in [3.63, 3.8) is 0 Å². The summed E-state index contributed by atoms with van der Waals surface area (Å²) in [5.41, 5.74) is 0.882. The van der Waals surface area contributed by atoms with Gasteiger partial charge in [-0.2, -0.15) is 0 Å². The van der Waals surface area contributed by atoms with E-state index in [1.54, 1.807) is 0 Å². The van der Waals surface area contributed by atoms with Crippen molar-refractivity contribution >= 4 is 11.6 Å². The SMILES string of the molecule is CCOc1ccccc1NCC(=O)N1CCCC(C)C1. The molecule has 1 fully saturated rings. The summed E-state index contributed by atoms with van der Waals surface area (Å²) in [5, 5.41) is 3.19. The van der Waals surface area contributed by atoms with Crippen LogP contribution in [0.25, 0.3) is 0 Å². The van der Waals surface area contributed by atoms with E-state index in [1.807, 2.05) is 36.1 Å². The molecule has 1 heterocycles. The second-order valence-corrected chi connectivity index (χ2v) is 5.37. The zero-order chi connectivity index (χ0) is 14.4. The van der Waals surface area contributed by atoms with Crippen molar-refractivity contribution in [2.24, 2.45) is 5.92 Å². The van der Waals surface area contributed by atoms with Crippen molar-refractivity contribution in [1.29, 1.82) is 0 Å². The Morgan fingerprint density at radius 2 is 2.25 bits per heavy atom. The highest BCUT2D eigenvalue weighted by atomic mass is 16.5. The van der Waals surface area contributed by atoms with Gasteiger partial charge in [0.1, 0.15) is 5.75 Å². The van der Waals surface area contributed by atoms with Crippen molar-refractivity contribution in [2.45, 2.75) is 26.7 Å². The third-order valence-corrected chi connectivity index (χ3v) is 3.63. The third kappa shape index (κ3) is 3.89. The fourth-order valence-electron chi connectivity index (χ4n) is 2.59. The lowest BCUT2D eigenvalue weighted by atomic mass is 10.0. The Morgan fingerprint density at radius 1 is 1.45 bits per heavy atom. The number of likely N-dealkylation sites (tertiary alicyclic amines) is 1. The number of anilines is 1. The Labute approximate surface area is 121 Å². The zero-order valence-electron chi connectivity index (χ0n) is 12.4. The summed E-state index contributed by atoms with van der Waals surface area (Å²) < 4.78 is 5.54. The Morgan fingerprint density at radius 3 is 3.00 bits per heavy atom. The van der Waals surface area contributed by atoms with Crippen LogP contribution in [0, 0.1) is 5.92 Å². The van der Waals surface area contributed by atoms with Crippen LogP contribution in [0.3, 0.4) is 0 Å². The van der Waals surface area contributed by atoms with E-state index in [1.165, 1.54) is 6.42 Å². The van der Waals surface area contributed by atoms with Gasteiger partial charge in [-0.15, -0.1) is 0 Å². The molecule has 0 spiro atoms. The van der Waals surface area contributed by atoms with Gasteiger partial charge in [-0.1, -0.05) is 19.1 Å². The first-order valence-electron chi connectivity index (χ1n) is 7.44. The summed E-state index contributed by atoms with van der Waals surface area (Å²) in [6.07, 6.45) is 2.34. The van der Waals surface area contributed by atoms with Crippen molar-refractivity contribution in [3.8, 4) is 5.75 Å². The van der Waals surface area contributed by atoms with Crippen LogP contribution in [0.4, 0.5) is 5.69 Å². The summed E-state index contributed by atoms with van der Waals surface area (Å²) in [7, 11) is 0. The van der Waals surface area contributed by atoms with Gasteiger partial charge in [-0.25, -0.2) is 0 Å². The van der Waals surface area contributed by atoms with Crippen LogP contribution in [0.5, 0.6) is 5.75 Å². The van der Waals surface area contributed by atoms with Gasteiger partial charge in [0.15, 0.2) is 0 Å². The summed E-state index contributed by atoms with van der Waals surface area (Å²) >= 11 is 0. The second kappa shape index (κ2) is 7.17. The number of amides is 1. The molecule has 4 heteroatoms. The molecular formula is C16H24N2O2. The average Bonchev–Trinajstić information content (AvgIpc) is 2.46. The summed E-state index contributed by atoms with van der Waals surface area (Å²) in [6, 6.07) is 7.74. The maximum absolute atomic E-state index is 12.2. The van der Waals surface area contributed by atoms with Crippen molar-refractivity contribution in [2.75, 3.05) is 31.6 Å². The van der Waals surface area contributed by atoms with Gasteiger partial charge in [-0.05, 0) is 37.8 Å². The van der Waals surface area contributed by atoms with Crippen LogP contribution in [-0.4, -0.2) is 37.0 Å². The first kappa shape index (κ1) is 14.7. The van der Waals surface area contributed by atoms with Crippen LogP contribution in [0.1, 0.15) is 26.7 Å². The number of rotatable bonds is 5. The largest absolute Gasteiger partial charge is 0.492 e. The molecule has 20 heavy (non-hydrogen) atoms. The Kier molecular flexibility index (Phi) is 5.27. The first-order valence-corrected chi connectivity index (χ1v) is 7.44. The molecule has 1 aromatic rings. The van der Waals surface area contributed by atoms with E-state index in [0.29, 0.717) is 19.1 Å². The highest BCUT2D eigenvalue weighted by molar-refractivity contribution is 5.81. The van der Waals surface area contributed by atoms with Crippen LogP contribution in [-0.2, 0) is 4.79 Å². The first-order chi connectivity index (χ1) is 9.70. The fraction of sp³-hybridized carbons (Fsp3) is 0.562. The fourth-order valence-corrected chi connectivity index (χ4v) is 2.59. The van der Waals surface area contributed by atoms with Crippen LogP contribution in [0.15, 0.2) is 24.3 Å². The van der Waals surface area contributed by atoms with E-state index in [4.69, 9.17) is 4.74 Å². The maximum Gasteiger partial charge on any atom is 0.241 e. The Balaban J connectivity index is 1.89. The van der Waals surface area contributed by atoms with Gasteiger partial charge in [0.25, 0.3) is 0 Å². The molecule has 1 atom stereocenters. The van der Waals surface area contributed by atoms with E-state index in [0.717, 1.165) is 30.9 Å². The molecule has 0 aliphatic carbocycles. The van der Waals surface area contributed by atoms with E-state index in [-0.39, 0.29) is 5.91 Å². The minimum Gasteiger partial charge on any atom is -0.492 e. The van der Waals surface area contributed by atoms with Gasteiger partial charge in [-0.3, -0.25) is 4.79 Å². The normalized spacial score (nSPS) is 18.7. The second-order valence-electron chi connectivity index (χ2n) is 5.37. The van der Waals surface area contributed by atoms with Gasteiger partial charge in [0, 0.05) is 13.1 Å². The van der Waals surface area contributed by atoms with Crippen molar-refractivity contribution in [1.82, 2.24) is 4.90 Å². The standard InChI is InChI=1S/C16H24N2O2/c1-3-20-15-9-5-4-8-14(15)17-11-16(19)18-10-6-7-13(2)12-18/h4-5,8-9,13,17H,3,6-7,10-12H2,1-2H3. The number of benzene rings is 1. The number of para-hydroxylation sites is 2. The molecule has 1 aliphatic rings. The molecule has 2 rings (SSSR count). The van der Waals surface area contributed by atoms with Crippen LogP contribution >= 0.6 is 0 Å². The smallest absolute Gasteiger partial charge is 0.241 e. The van der Waals surface area contributed by atoms with E-state index < -0.39 is 0 Å². The topological polar surface area (TPSA) is 41.6 Å². The molecule has 1 unspecified atom stereocenters. The molecule has 0 aromatic heterocycles. The summed E-state index contributed by atoms with van der Waals surface area (Å²) in [4.78, 5) is 14.2. The number of nitrogens with one attached hydrogen (secondary N) is 1. The lowest BCUT2D eigenvalue weighted by Crippen LogP contribution is -2.41. The lowest BCUT2D eigenvalue weighted by Gasteiger charge is -2.31. The number of nitrogens with zero attached hydrogens (tertiary/aromatic N) is 1. The number of hydrogen-bond donors (Lipinski definition) is 1. The lowest BCUT2D eigenvalue weighted by molar-refractivity contribution is -0.130. The summed E-state index contributed by atoms with van der Waals surface area (Å²) in [5.74, 6) is 1.58. The number of piperidine rings is 1.